The van der Waals surface area contributed by atoms with Crippen molar-refractivity contribution in [1.82, 2.24) is 15.5 Å². The highest BCUT2D eigenvalue weighted by Crippen LogP contribution is 2.45. The molecule has 1 fully saturated rings. The first-order chi connectivity index (χ1) is 16.9. The van der Waals surface area contributed by atoms with E-state index < -0.39 is 17.2 Å². The molecule has 0 bridgehead atoms. The molecule has 7 heteroatoms. The highest BCUT2D eigenvalue weighted by molar-refractivity contribution is 6.00. The molecule has 0 saturated carbocycles. The number of carbonyl (C=O) groups is 2. The second-order valence-corrected chi connectivity index (χ2v) is 11.5. The van der Waals surface area contributed by atoms with Crippen LogP contribution in [-0.4, -0.2) is 38.9 Å². The van der Waals surface area contributed by atoms with Crippen molar-refractivity contribution in [3.8, 4) is 0 Å². The molecule has 36 heavy (non-hydrogen) atoms. The Bertz CT molecular complexity index is 1250. The topological polar surface area (TPSA) is 106 Å². The normalized spacial score (nSPS) is 31.2. The second-order valence-electron chi connectivity index (χ2n) is 11.5. The standard InChI is InChI=1S/C29H36N4O3/c1-6-28(4)15-24(34)33(27(30)32-28)23-12-17(3)20-10-8-18(13-22(20)23)26(35)31-25-21-9-7-16(2)11-19(21)14-29(25,5)36/h7-11,13,17,23,25,36H,6,12,14-15H2,1-5H3,(H2,30,32)(H,31,35)/t17-,23-,25-,28-,29+/m1/s1. The van der Waals surface area contributed by atoms with Crippen molar-refractivity contribution in [3.05, 3.63) is 69.8 Å². The number of carbonyl (C=O) groups excluding carboxylic acids is 2. The van der Waals surface area contributed by atoms with Crippen LogP contribution in [0, 0.1) is 12.3 Å². The second kappa shape index (κ2) is 8.44. The number of rotatable bonds is 4. The highest BCUT2D eigenvalue weighted by Gasteiger charge is 2.44. The SMILES string of the molecule is CC[C@]1(C)CC(=O)N([C@@H]2C[C@@H](C)c3ccc(C(=O)N[C@@H]4c5ccc(C)cc5C[C@]4(C)O)cc32)C(=N)N1. The van der Waals surface area contributed by atoms with E-state index in [0.29, 0.717) is 24.8 Å². The van der Waals surface area contributed by atoms with Gasteiger partial charge in [-0.25, -0.2) is 0 Å². The molecule has 7 nitrogen and oxygen atoms in total. The van der Waals surface area contributed by atoms with Gasteiger partial charge in [-0.3, -0.25) is 19.9 Å². The van der Waals surface area contributed by atoms with E-state index in [0.717, 1.165) is 34.2 Å². The molecule has 1 aliphatic heterocycles. The number of nitrogens with zero attached hydrogens (tertiary/aromatic N) is 1. The van der Waals surface area contributed by atoms with Crippen molar-refractivity contribution in [3.63, 3.8) is 0 Å². The third-order valence-electron chi connectivity index (χ3n) is 8.43. The Morgan fingerprint density at radius 3 is 2.58 bits per heavy atom. The number of amides is 2. The van der Waals surface area contributed by atoms with Gasteiger partial charge in [0.15, 0.2) is 5.96 Å². The van der Waals surface area contributed by atoms with Gasteiger partial charge in [0.2, 0.25) is 5.91 Å². The predicted molar refractivity (Wildman–Crippen MR) is 139 cm³/mol. The van der Waals surface area contributed by atoms with Crippen LogP contribution in [0.2, 0.25) is 0 Å². The number of fused-ring (bicyclic) bond motifs is 2. The number of aryl methyl sites for hydroxylation is 1. The minimum Gasteiger partial charge on any atom is -0.387 e. The van der Waals surface area contributed by atoms with Crippen LogP contribution < -0.4 is 10.6 Å². The quantitative estimate of drug-likeness (QED) is 0.516. The Hall–Kier alpha value is -3.19. The summed E-state index contributed by atoms with van der Waals surface area (Å²) >= 11 is 0. The predicted octanol–water partition coefficient (Wildman–Crippen LogP) is 4.25. The first-order valence-electron chi connectivity index (χ1n) is 12.9. The fraction of sp³-hybridized carbons (Fsp3) is 0.483. The maximum atomic E-state index is 13.4. The van der Waals surface area contributed by atoms with E-state index >= 15 is 0 Å². The van der Waals surface area contributed by atoms with Crippen LogP contribution >= 0.6 is 0 Å². The van der Waals surface area contributed by atoms with E-state index in [9.17, 15) is 14.7 Å². The molecule has 1 saturated heterocycles. The number of hydrogen-bond acceptors (Lipinski definition) is 4. The van der Waals surface area contributed by atoms with E-state index in [4.69, 9.17) is 5.41 Å². The van der Waals surface area contributed by atoms with Gasteiger partial charge in [-0.15, -0.1) is 0 Å². The zero-order valence-electron chi connectivity index (χ0n) is 21.7. The van der Waals surface area contributed by atoms with Crippen LogP contribution in [0.3, 0.4) is 0 Å². The van der Waals surface area contributed by atoms with Crippen LogP contribution in [-0.2, 0) is 11.2 Å². The molecule has 0 unspecified atom stereocenters. The van der Waals surface area contributed by atoms with Crippen molar-refractivity contribution in [2.75, 3.05) is 0 Å². The fourth-order valence-electron chi connectivity index (χ4n) is 6.20. The molecule has 2 aliphatic carbocycles. The number of nitrogens with one attached hydrogen (secondary N) is 3. The zero-order valence-corrected chi connectivity index (χ0v) is 21.7. The lowest BCUT2D eigenvalue weighted by atomic mass is 9.91. The summed E-state index contributed by atoms with van der Waals surface area (Å²) in [6.07, 6.45) is 2.29. The summed E-state index contributed by atoms with van der Waals surface area (Å²) in [6, 6.07) is 10.9. The van der Waals surface area contributed by atoms with Crippen LogP contribution in [0.15, 0.2) is 36.4 Å². The monoisotopic (exact) mass is 488 g/mol. The largest absolute Gasteiger partial charge is 0.387 e. The fourth-order valence-corrected chi connectivity index (χ4v) is 6.20. The maximum Gasteiger partial charge on any atom is 0.251 e. The Morgan fingerprint density at radius 2 is 1.89 bits per heavy atom. The molecule has 2 aromatic rings. The highest BCUT2D eigenvalue weighted by atomic mass is 16.3. The Morgan fingerprint density at radius 1 is 1.17 bits per heavy atom. The Kier molecular flexibility index (Phi) is 5.75. The van der Waals surface area contributed by atoms with Crippen molar-refractivity contribution in [2.24, 2.45) is 0 Å². The van der Waals surface area contributed by atoms with Crippen molar-refractivity contribution in [2.45, 2.75) is 89.4 Å². The van der Waals surface area contributed by atoms with Crippen LogP contribution in [0.4, 0.5) is 0 Å². The molecule has 3 aliphatic rings. The number of hydrogen-bond donors (Lipinski definition) is 4. The van der Waals surface area contributed by atoms with Gasteiger partial charge < -0.3 is 15.7 Å². The Labute approximate surface area is 212 Å². The number of benzene rings is 2. The molecular formula is C29H36N4O3. The summed E-state index contributed by atoms with van der Waals surface area (Å²) in [5, 5.41) is 26.0. The Balaban J connectivity index is 1.42. The van der Waals surface area contributed by atoms with E-state index in [1.54, 1.807) is 11.8 Å². The first kappa shape index (κ1) is 24.5. The average Bonchev–Trinajstić information content (AvgIpc) is 3.25. The molecule has 2 aromatic carbocycles. The van der Waals surface area contributed by atoms with Crippen LogP contribution in [0.1, 0.15) is 103 Å². The third kappa shape index (κ3) is 3.99. The van der Waals surface area contributed by atoms with E-state index in [1.165, 1.54) is 0 Å². The van der Waals surface area contributed by atoms with Crippen LogP contribution in [0.25, 0.3) is 0 Å². The maximum absolute atomic E-state index is 13.4. The van der Waals surface area contributed by atoms with Crippen molar-refractivity contribution in [1.29, 1.82) is 5.41 Å². The number of aliphatic hydroxyl groups is 1. The molecular weight excluding hydrogens is 452 g/mol. The summed E-state index contributed by atoms with van der Waals surface area (Å²) in [5.41, 5.74) is 4.16. The molecule has 5 atom stereocenters. The van der Waals surface area contributed by atoms with E-state index in [1.807, 2.05) is 51.1 Å². The summed E-state index contributed by atoms with van der Waals surface area (Å²) in [5.74, 6) is 0.0285. The number of guanidine groups is 1. The van der Waals surface area contributed by atoms with E-state index in [-0.39, 0.29) is 29.7 Å². The molecule has 4 N–H and O–H groups in total. The molecule has 5 rings (SSSR count). The molecule has 0 aromatic heterocycles. The van der Waals surface area contributed by atoms with Crippen LogP contribution in [0.5, 0.6) is 0 Å². The van der Waals surface area contributed by atoms with Gasteiger partial charge in [-0.2, -0.15) is 0 Å². The van der Waals surface area contributed by atoms with Gasteiger partial charge >= 0.3 is 0 Å². The lowest BCUT2D eigenvalue weighted by Gasteiger charge is -2.42. The minimum atomic E-state index is -1.08. The van der Waals surface area contributed by atoms with Gasteiger partial charge in [-0.1, -0.05) is 43.7 Å². The lowest BCUT2D eigenvalue weighted by molar-refractivity contribution is -0.132. The van der Waals surface area contributed by atoms with Gasteiger partial charge in [0.1, 0.15) is 0 Å². The van der Waals surface area contributed by atoms with Crippen molar-refractivity contribution >= 4 is 17.8 Å². The summed E-state index contributed by atoms with van der Waals surface area (Å²) in [6.45, 7) is 9.89. The van der Waals surface area contributed by atoms with Crippen molar-refractivity contribution < 1.29 is 14.7 Å². The summed E-state index contributed by atoms with van der Waals surface area (Å²) < 4.78 is 0. The minimum absolute atomic E-state index is 0.0584. The molecule has 0 radical (unpaired) electrons. The van der Waals surface area contributed by atoms with Gasteiger partial charge in [0.25, 0.3) is 5.91 Å². The molecule has 1 heterocycles. The zero-order chi connectivity index (χ0) is 26.0. The molecule has 0 spiro atoms. The lowest BCUT2D eigenvalue weighted by Crippen LogP contribution is -2.61. The van der Waals surface area contributed by atoms with Gasteiger partial charge in [-0.05, 0) is 73.9 Å². The first-order valence-corrected chi connectivity index (χ1v) is 12.9. The average molecular weight is 489 g/mol. The summed E-state index contributed by atoms with van der Waals surface area (Å²) in [4.78, 5) is 28.2. The molecule has 2 amide bonds. The van der Waals surface area contributed by atoms with Gasteiger partial charge in [0, 0.05) is 17.5 Å². The third-order valence-corrected chi connectivity index (χ3v) is 8.43. The summed E-state index contributed by atoms with van der Waals surface area (Å²) in [7, 11) is 0. The van der Waals surface area contributed by atoms with E-state index in [2.05, 4.69) is 23.6 Å². The smallest absolute Gasteiger partial charge is 0.251 e. The molecule has 190 valence electrons. The van der Waals surface area contributed by atoms with Gasteiger partial charge in [0.05, 0.1) is 24.1 Å².